The number of nitrogens with zero attached hydrogens (tertiary/aromatic N) is 1. The zero-order chi connectivity index (χ0) is 18.1. The van der Waals surface area contributed by atoms with Crippen LogP contribution >= 0.6 is 12.2 Å². The van der Waals surface area contributed by atoms with Gasteiger partial charge in [0.25, 0.3) is 5.56 Å². The third-order valence-corrected chi connectivity index (χ3v) is 4.14. The first-order chi connectivity index (χ1) is 12.1. The van der Waals surface area contributed by atoms with Gasteiger partial charge in [0.2, 0.25) is 0 Å². The molecule has 0 bridgehead atoms. The van der Waals surface area contributed by atoms with Crippen molar-refractivity contribution >= 4 is 18.2 Å². The van der Waals surface area contributed by atoms with E-state index in [0.717, 1.165) is 37.8 Å². The van der Waals surface area contributed by atoms with E-state index < -0.39 is 0 Å². The molecule has 0 saturated heterocycles. The average molecular weight is 358 g/mol. The SMILES string of the molecule is C=CC(=O)OCCCCCCn1cc(-c2ccccc2)c(=O)[nH]c1=S. The summed E-state index contributed by atoms with van der Waals surface area (Å²) in [5.74, 6) is -0.381. The van der Waals surface area contributed by atoms with E-state index in [9.17, 15) is 9.59 Å². The molecule has 6 heteroatoms. The normalized spacial score (nSPS) is 10.4. The Morgan fingerprint density at radius 2 is 1.92 bits per heavy atom. The highest BCUT2D eigenvalue weighted by Crippen LogP contribution is 2.14. The van der Waals surface area contributed by atoms with Crippen molar-refractivity contribution in [1.29, 1.82) is 0 Å². The second kappa shape index (κ2) is 9.74. The number of carbonyl (C=O) groups excluding carboxylic acids is 1. The lowest BCUT2D eigenvalue weighted by atomic mass is 10.1. The minimum atomic E-state index is -0.381. The fourth-order valence-corrected chi connectivity index (χ4v) is 2.70. The Morgan fingerprint density at radius 1 is 1.20 bits per heavy atom. The maximum Gasteiger partial charge on any atom is 0.330 e. The predicted molar refractivity (Wildman–Crippen MR) is 101 cm³/mol. The van der Waals surface area contributed by atoms with Crippen LogP contribution in [0.25, 0.3) is 11.1 Å². The molecule has 0 aliphatic heterocycles. The number of aryl methyl sites for hydroxylation is 1. The van der Waals surface area contributed by atoms with Crippen molar-refractivity contribution in [3.8, 4) is 11.1 Å². The number of rotatable bonds is 9. The van der Waals surface area contributed by atoms with Gasteiger partial charge in [0.05, 0.1) is 12.2 Å². The Bertz CT molecular complexity index is 825. The molecule has 2 rings (SSSR count). The number of nitrogens with one attached hydrogen (secondary N) is 1. The van der Waals surface area contributed by atoms with E-state index in [1.165, 1.54) is 6.08 Å². The predicted octanol–water partition coefficient (Wildman–Crippen LogP) is 3.86. The van der Waals surface area contributed by atoms with Crippen LogP contribution in [-0.2, 0) is 16.1 Å². The van der Waals surface area contributed by atoms with E-state index in [1.807, 2.05) is 41.1 Å². The number of H-pyrrole nitrogens is 1. The number of hydrogen-bond donors (Lipinski definition) is 1. The van der Waals surface area contributed by atoms with Crippen molar-refractivity contribution in [2.24, 2.45) is 0 Å². The summed E-state index contributed by atoms with van der Waals surface area (Å²) in [6, 6.07) is 9.53. The summed E-state index contributed by atoms with van der Waals surface area (Å²) in [6.07, 6.45) is 6.71. The minimum absolute atomic E-state index is 0.170. The minimum Gasteiger partial charge on any atom is -0.463 e. The quantitative estimate of drug-likeness (QED) is 0.320. The molecule has 5 nitrogen and oxygen atoms in total. The van der Waals surface area contributed by atoms with Crippen LogP contribution in [0.2, 0.25) is 0 Å². The molecule has 1 aromatic carbocycles. The molecule has 0 atom stereocenters. The molecule has 0 radical (unpaired) electrons. The van der Waals surface area contributed by atoms with Gasteiger partial charge in [-0.3, -0.25) is 9.78 Å². The van der Waals surface area contributed by atoms with Gasteiger partial charge in [-0.25, -0.2) is 4.79 Å². The highest BCUT2D eigenvalue weighted by molar-refractivity contribution is 7.71. The first-order valence-corrected chi connectivity index (χ1v) is 8.71. The van der Waals surface area contributed by atoms with Crippen LogP contribution in [0.1, 0.15) is 25.7 Å². The van der Waals surface area contributed by atoms with E-state index in [0.29, 0.717) is 16.9 Å². The van der Waals surface area contributed by atoms with Crippen LogP contribution in [0.5, 0.6) is 0 Å². The molecule has 0 fully saturated rings. The highest BCUT2D eigenvalue weighted by atomic mass is 32.1. The maximum absolute atomic E-state index is 12.1. The lowest BCUT2D eigenvalue weighted by Gasteiger charge is -2.09. The topological polar surface area (TPSA) is 64.1 Å². The van der Waals surface area contributed by atoms with Crippen LogP contribution in [0.15, 0.2) is 54.0 Å². The van der Waals surface area contributed by atoms with E-state index in [1.54, 1.807) is 0 Å². The van der Waals surface area contributed by atoms with Gasteiger partial charge in [0.15, 0.2) is 4.77 Å². The molecule has 0 aliphatic carbocycles. The number of aromatic amines is 1. The number of aromatic nitrogens is 2. The molecule has 132 valence electrons. The smallest absolute Gasteiger partial charge is 0.330 e. The molecule has 0 unspecified atom stereocenters. The van der Waals surface area contributed by atoms with Gasteiger partial charge in [-0.15, -0.1) is 0 Å². The summed E-state index contributed by atoms with van der Waals surface area (Å²) < 4.78 is 7.27. The van der Waals surface area contributed by atoms with Crippen molar-refractivity contribution < 1.29 is 9.53 Å². The van der Waals surface area contributed by atoms with E-state index in [2.05, 4.69) is 11.6 Å². The zero-order valence-electron chi connectivity index (χ0n) is 14.1. The van der Waals surface area contributed by atoms with Crippen molar-refractivity contribution in [3.05, 3.63) is 64.3 Å². The fraction of sp³-hybridized carbons (Fsp3) is 0.316. The first-order valence-electron chi connectivity index (χ1n) is 8.30. The van der Waals surface area contributed by atoms with E-state index in [4.69, 9.17) is 17.0 Å². The van der Waals surface area contributed by atoms with Gasteiger partial charge in [0, 0.05) is 18.8 Å². The number of benzene rings is 1. The molecule has 0 spiro atoms. The number of ether oxygens (including phenoxy) is 1. The van der Waals surface area contributed by atoms with Crippen LogP contribution in [0.3, 0.4) is 0 Å². The molecular weight excluding hydrogens is 336 g/mol. The molecule has 0 amide bonds. The average Bonchev–Trinajstić information content (AvgIpc) is 2.62. The monoisotopic (exact) mass is 358 g/mol. The molecular formula is C19H22N2O3S. The molecule has 1 aromatic heterocycles. The van der Waals surface area contributed by atoms with Gasteiger partial charge < -0.3 is 9.30 Å². The first kappa shape index (κ1) is 18.9. The maximum atomic E-state index is 12.1. The van der Waals surface area contributed by atoms with Crippen LogP contribution in [-0.4, -0.2) is 22.1 Å². The van der Waals surface area contributed by atoms with Crippen molar-refractivity contribution in [1.82, 2.24) is 9.55 Å². The Labute approximate surface area is 152 Å². The summed E-state index contributed by atoms with van der Waals surface area (Å²) in [4.78, 5) is 25.8. The summed E-state index contributed by atoms with van der Waals surface area (Å²) in [5, 5.41) is 0. The molecule has 1 heterocycles. The fourth-order valence-electron chi connectivity index (χ4n) is 2.47. The van der Waals surface area contributed by atoms with Crippen LogP contribution < -0.4 is 5.56 Å². The van der Waals surface area contributed by atoms with E-state index in [-0.39, 0.29) is 11.5 Å². The molecule has 25 heavy (non-hydrogen) atoms. The number of unbranched alkanes of at least 4 members (excludes halogenated alkanes) is 3. The lowest BCUT2D eigenvalue weighted by Crippen LogP contribution is -2.15. The standard InChI is InChI=1S/C19H22N2O3S/c1-2-17(22)24-13-9-4-3-8-12-21-14-16(18(23)20-19(21)25)15-10-6-5-7-11-15/h2,5-7,10-11,14H,1,3-4,8-9,12-13H2,(H,20,23,25). The number of carbonyl (C=O) groups is 1. The van der Waals surface area contributed by atoms with E-state index >= 15 is 0 Å². The lowest BCUT2D eigenvalue weighted by molar-refractivity contribution is -0.137. The third kappa shape index (κ3) is 5.83. The Morgan fingerprint density at radius 3 is 2.64 bits per heavy atom. The van der Waals surface area contributed by atoms with Crippen LogP contribution in [0.4, 0.5) is 0 Å². The van der Waals surface area contributed by atoms with Gasteiger partial charge in [0.1, 0.15) is 0 Å². The number of hydrogen-bond acceptors (Lipinski definition) is 4. The summed E-state index contributed by atoms with van der Waals surface area (Å²) in [7, 11) is 0. The van der Waals surface area contributed by atoms with Gasteiger partial charge in [-0.1, -0.05) is 43.3 Å². The van der Waals surface area contributed by atoms with Gasteiger partial charge >= 0.3 is 5.97 Å². The van der Waals surface area contributed by atoms with Gasteiger partial charge in [-0.2, -0.15) is 0 Å². The summed E-state index contributed by atoms with van der Waals surface area (Å²) in [6.45, 7) is 4.51. The summed E-state index contributed by atoms with van der Waals surface area (Å²) >= 11 is 5.25. The molecule has 0 saturated carbocycles. The van der Waals surface area contributed by atoms with Crippen molar-refractivity contribution in [2.75, 3.05) is 6.61 Å². The Hall–Kier alpha value is -2.47. The highest BCUT2D eigenvalue weighted by Gasteiger charge is 2.05. The third-order valence-electron chi connectivity index (χ3n) is 3.80. The second-order valence-corrected chi connectivity index (χ2v) is 6.03. The van der Waals surface area contributed by atoms with Crippen LogP contribution in [0, 0.1) is 4.77 Å². The number of esters is 1. The Balaban J connectivity index is 1.88. The molecule has 2 aromatic rings. The van der Waals surface area contributed by atoms with Gasteiger partial charge in [-0.05, 0) is 37.0 Å². The summed E-state index contributed by atoms with van der Waals surface area (Å²) in [5.41, 5.74) is 1.32. The zero-order valence-corrected chi connectivity index (χ0v) is 14.9. The van der Waals surface area contributed by atoms with Crippen molar-refractivity contribution in [3.63, 3.8) is 0 Å². The molecule has 1 N–H and O–H groups in total. The Kier molecular flexibility index (Phi) is 7.35. The van der Waals surface area contributed by atoms with Crippen molar-refractivity contribution in [2.45, 2.75) is 32.2 Å². The largest absolute Gasteiger partial charge is 0.463 e. The molecule has 0 aliphatic rings. The second-order valence-electron chi connectivity index (χ2n) is 5.65.